The number of aromatic hydroxyl groups is 1. The van der Waals surface area contributed by atoms with E-state index >= 15 is 0 Å². The zero-order valence-electron chi connectivity index (χ0n) is 13.2. The first kappa shape index (κ1) is 16.4. The van der Waals surface area contributed by atoms with Crippen LogP contribution in [-0.2, 0) is 7.05 Å². The van der Waals surface area contributed by atoms with E-state index in [1.807, 2.05) is 0 Å². The van der Waals surface area contributed by atoms with E-state index in [0.717, 1.165) is 0 Å². The molecule has 0 fully saturated rings. The van der Waals surface area contributed by atoms with E-state index < -0.39 is 22.8 Å². The lowest BCUT2D eigenvalue weighted by Gasteiger charge is -2.10. The molecule has 0 saturated heterocycles. The zero-order valence-corrected chi connectivity index (χ0v) is 13.2. The van der Waals surface area contributed by atoms with Crippen LogP contribution in [0, 0.1) is 5.82 Å². The van der Waals surface area contributed by atoms with Crippen LogP contribution in [0.2, 0.25) is 0 Å². The first-order valence-electron chi connectivity index (χ1n) is 7.38. The Labute approximate surface area is 141 Å². The lowest BCUT2D eigenvalue weighted by atomic mass is 10.1. The number of halogens is 1. The molecule has 1 heterocycles. The van der Waals surface area contributed by atoms with Crippen LogP contribution in [0.1, 0.15) is 15.9 Å². The maximum atomic E-state index is 12.8. The van der Waals surface area contributed by atoms with E-state index in [-0.39, 0.29) is 5.82 Å². The maximum Gasteiger partial charge on any atom is 0.280 e. The Bertz CT molecular complexity index is 1040. The summed E-state index contributed by atoms with van der Waals surface area (Å²) in [4.78, 5) is 24.6. The van der Waals surface area contributed by atoms with Gasteiger partial charge in [-0.3, -0.25) is 9.59 Å². The molecule has 1 amide bonds. The van der Waals surface area contributed by atoms with Crippen molar-refractivity contribution < 1.29 is 14.3 Å². The third-order valence-corrected chi connectivity index (χ3v) is 3.75. The Balaban J connectivity index is 1.92. The Morgan fingerprint density at radius 1 is 1.20 bits per heavy atom. The average molecular weight is 339 g/mol. The number of nitrogens with one attached hydrogen (secondary N) is 1. The number of hydrogen-bond acceptors (Lipinski definition) is 4. The van der Waals surface area contributed by atoms with Crippen molar-refractivity contribution in [2.75, 3.05) is 0 Å². The SMILES string of the molecule is Cn1c(=O)c(C(=O)N/N=C\c2ccc(F)cc2)c(O)c2ccccc21. The molecule has 2 aromatic carbocycles. The second-order valence-electron chi connectivity index (χ2n) is 5.36. The van der Waals surface area contributed by atoms with Gasteiger partial charge in [0.05, 0.1) is 11.7 Å². The van der Waals surface area contributed by atoms with Crippen molar-refractivity contribution in [1.29, 1.82) is 0 Å². The summed E-state index contributed by atoms with van der Waals surface area (Å²) in [5, 5.41) is 14.4. The molecule has 0 aliphatic carbocycles. The van der Waals surface area contributed by atoms with Crippen LogP contribution >= 0.6 is 0 Å². The van der Waals surface area contributed by atoms with Crippen molar-refractivity contribution in [3.05, 3.63) is 75.8 Å². The van der Waals surface area contributed by atoms with Gasteiger partial charge in [-0.2, -0.15) is 5.10 Å². The van der Waals surface area contributed by atoms with E-state index in [9.17, 15) is 19.1 Å². The molecule has 0 unspecified atom stereocenters. The molecule has 0 atom stereocenters. The van der Waals surface area contributed by atoms with Crippen molar-refractivity contribution >= 4 is 23.0 Å². The van der Waals surface area contributed by atoms with Crippen molar-refractivity contribution in [3.8, 4) is 5.75 Å². The molecule has 1 aromatic heterocycles. The number of hydrogen-bond donors (Lipinski definition) is 2. The van der Waals surface area contributed by atoms with Crippen LogP contribution in [0.4, 0.5) is 4.39 Å². The molecular weight excluding hydrogens is 325 g/mol. The second-order valence-corrected chi connectivity index (χ2v) is 5.36. The largest absolute Gasteiger partial charge is 0.506 e. The van der Waals surface area contributed by atoms with Crippen molar-refractivity contribution in [2.24, 2.45) is 12.1 Å². The minimum Gasteiger partial charge on any atom is -0.506 e. The molecule has 0 saturated carbocycles. The summed E-state index contributed by atoms with van der Waals surface area (Å²) in [6.45, 7) is 0. The number of aryl methyl sites for hydroxylation is 1. The van der Waals surface area contributed by atoms with Gasteiger partial charge in [-0.15, -0.1) is 0 Å². The number of benzene rings is 2. The minimum absolute atomic E-state index is 0.384. The van der Waals surface area contributed by atoms with Crippen LogP contribution in [0.5, 0.6) is 5.75 Å². The number of amides is 1. The molecule has 25 heavy (non-hydrogen) atoms. The fourth-order valence-electron chi connectivity index (χ4n) is 2.45. The Hall–Kier alpha value is -3.48. The fourth-order valence-corrected chi connectivity index (χ4v) is 2.45. The van der Waals surface area contributed by atoms with Gasteiger partial charge >= 0.3 is 0 Å². The van der Waals surface area contributed by atoms with Gasteiger partial charge in [-0.1, -0.05) is 24.3 Å². The highest BCUT2D eigenvalue weighted by Crippen LogP contribution is 2.25. The normalized spacial score (nSPS) is 11.1. The van der Waals surface area contributed by atoms with Crippen molar-refractivity contribution in [1.82, 2.24) is 9.99 Å². The number of fused-ring (bicyclic) bond motifs is 1. The van der Waals surface area contributed by atoms with E-state index in [2.05, 4.69) is 10.5 Å². The molecule has 3 aromatic rings. The summed E-state index contributed by atoms with van der Waals surface area (Å²) in [5.41, 5.74) is 2.25. The number of carbonyl (C=O) groups is 1. The summed E-state index contributed by atoms with van der Waals surface area (Å²) in [5.74, 6) is -1.61. The minimum atomic E-state index is -0.831. The fraction of sp³-hybridized carbons (Fsp3) is 0.0556. The van der Waals surface area contributed by atoms with E-state index in [4.69, 9.17) is 0 Å². The highest BCUT2D eigenvalue weighted by atomic mass is 19.1. The quantitative estimate of drug-likeness (QED) is 0.566. The lowest BCUT2D eigenvalue weighted by molar-refractivity contribution is 0.0950. The van der Waals surface area contributed by atoms with Crippen LogP contribution in [0.3, 0.4) is 0 Å². The maximum absolute atomic E-state index is 12.8. The topological polar surface area (TPSA) is 83.7 Å². The first-order valence-corrected chi connectivity index (χ1v) is 7.38. The van der Waals surface area contributed by atoms with Crippen LogP contribution in [0.15, 0.2) is 58.4 Å². The predicted octanol–water partition coefficient (Wildman–Crippen LogP) is 2.15. The van der Waals surface area contributed by atoms with Gasteiger partial charge in [-0.25, -0.2) is 9.82 Å². The van der Waals surface area contributed by atoms with Gasteiger partial charge in [-0.05, 0) is 29.8 Å². The van der Waals surface area contributed by atoms with E-state index in [0.29, 0.717) is 16.5 Å². The highest BCUT2D eigenvalue weighted by Gasteiger charge is 2.20. The van der Waals surface area contributed by atoms with Gasteiger partial charge in [0.1, 0.15) is 17.1 Å². The van der Waals surface area contributed by atoms with Crippen molar-refractivity contribution in [3.63, 3.8) is 0 Å². The van der Waals surface area contributed by atoms with Crippen LogP contribution in [-0.4, -0.2) is 21.8 Å². The van der Waals surface area contributed by atoms with Crippen LogP contribution < -0.4 is 11.0 Å². The smallest absolute Gasteiger partial charge is 0.280 e. The molecular formula is C18H14FN3O3. The molecule has 126 valence electrons. The van der Waals surface area contributed by atoms with Crippen molar-refractivity contribution in [2.45, 2.75) is 0 Å². The Kier molecular flexibility index (Phi) is 4.30. The number of carbonyl (C=O) groups excluding carboxylic acids is 1. The molecule has 2 N–H and O–H groups in total. The molecule has 0 radical (unpaired) electrons. The summed E-state index contributed by atoms with van der Waals surface area (Å²) in [6, 6.07) is 12.2. The zero-order chi connectivity index (χ0) is 18.0. The molecule has 6 nitrogen and oxygen atoms in total. The number of aromatic nitrogens is 1. The standard InChI is InChI=1S/C18H14FN3O3/c1-22-14-5-3-2-4-13(14)16(23)15(18(22)25)17(24)21-20-10-11-6-8-12(19)9-7-11/h2-10,23H,1H3,(H,21,24)/b20-10-. The molecule has 3 rings (SSSR count). The molecule has 0 aliphatic heterocycles. The second kappa shape index (κ2) is 6.56. The summed E-state index contributed by atoms with van der Waals surface area (Å²) < 4.78 is 14.1. The van der Waals surface area contributed by atoms with Gasteiger partial charge < -0.3 is 9.67 Å². The Morgan fingerprint density at radius 3 is 2.60 bits per heavy atom. The summed E-state index contributed by atoms with van der Waals surface area (Å²) in [7, 11) is 1.52. The summed E-state index contributed by atoms with van der Waals surface area (Å²) >= 11 is 0. The molecule has 7 heteroatoms. The highest BCUT2D eigenvalue weighted by molar-refractivity contribution is 6.02. The monoisotopic (exact) mass is 339 g/mol. The van der Waals surface area contributed by atoms with E-state index in [1.165, 1.54) is 42.1 Å². The van der Waals surface area contributed by atoms with Gasteiger partial charge in [0.25, 0.3) is 11.5 Å². The lowest BCUT2D eigenvalue weighted by Crippen LogP contribution is -2.30. The molecule has 0 bridgehead atoms. The van der Waals surface area contributed by atoms with Gasteiger partial charge in [0, 0.05) is 12.4 Å². The molecule has 0 aliphatic rings. The Morgan fingerprint density at radius 2 is 1.88 bits per heavy atom. The first-order chi connectivity index (χ1) is 12.0. The van der Waals surface area contributed by atoms with Crippen LogP contribution in [0.25, 0.3) is 10.9 Å². The number of nitrogens with zero attached hydrogens (tertiary/aromatic N) is 2. The average Bonchev–Trinajstić information content (AvgIpc) is 2.62. The third kappa shape index (κ3) is 3.12. The number of pyridine rings is 1. The van der Waals surface area contributed by atoms with E-state index in [1.54, 1.807) is 24.3 Å². The molecule has 0 spiro atoms. The van der Waals surface area contributed by atoms with Gasteiger partial charge in [0.15, 0.2) is 0 Å². The summed E-state index contributed by atoms with van der Waals surface area (Å²) in [6.07, 6.45) is 1.31. The predicted molar refractivity (Wildman–Crippen MR) is 92.3 cm³/mol. The van der Waals surface area contributed by atoms with Gasteiger partial charge in [0.2, 0.25) is 0 Å². The number of rotatable bonds is 3. The number of hydrazone groups is 1. The number of para-hydroxylation sites is 1. The third-order valence-electron chi connectivity index (χ3n) is 3.75.